The van der Waals surface area contributed by atoms with Crippen LogP contribution in [0.5, 0.6) is 5.75 Å². The van der Waals surface area contributed by atoms with E-state index in [4.69, 9.17) is 16.3 Å². The second-order valence-corrected chi connectivity index (χ2v) is 6.84. The zero-order chi connectivity index (χ0) is 19.4. The summed E-state index contributed by atoms with van der Waals surface area (Å²) in [6.07, 6.45) is 2.82. The minimum atomic E-state index is -1.07. The highest BCUT2D eigenvalue weighted by atomic mass is 35.5. The van der Waals surface area contributed by atoms with Gasteiger partial charge in [0.1, 0.15) is 17.1 Å². The second kappa shape index (κ2) is 8.60. The average molecular weight is 395 g/mol. The number of aliphatic hydroxyl groups excluding tert-OH is 1. The molecule has 2 atom stereocenters. The van der Waals surface area contributed by atoms with Crippen molar-refractivity contribution in [2.45, 2.75) is 31.7 Å². The molecule has 0 aliphatic carbocycles. The fourth-order valence-corrected chi connectivity index (χ4v) is 3.60. The maximum absolute atomic E-state index is 11.5. The summed E-state index contributed by atoms with van der Waals surface area (Å²) in [5, 5.41) is 25.7. The first-order valence-corrected chi connectivity index (χ1v) is 9.11. The summed E-state index contributed by atoms with van der Waals surface area (Å²) >= 11 is 6.15. The third-order valence-electron chi connectivity index (χ3n) is 4.75. The molecule has 8 nitrogen and oxygen atoms in total. The van der Waals surface area contributed by atoms with Crippen LogP contribution in [0.25, 0.3) is 0 Å². The number of carboxylic acid groups (broad SMARTS) is 1. The van der Waals surface area contributed by atoms with Crippen LogP contribution in [0.4, 0.5) is 0 Å². The smallest absolute Gasteiger partial charge is 0.340 e. The van der Waals surface area contributed by atoms with Gasteiger partial charge in [-0.1, -0.05) is 17.7 Å². The summed E-state index contributed by atoms with van der Waals surface area (Å²) in [4.78, 5) is 17.9. The van der Waals surface area contributed by atoms with E-state index in [1.807, 2.05) is 11.0 Å². The molecule has 4 N–H and O–H groups in total. The molecule has 146 valence electrons. The van der Waals surface area contributed by atoms with E-state index in [9.17, 15) is 15.0 Å². The van der Waals surface area contributed by atoms with E-state index in [0.29, 0.717) is 23.1 Å². The van der Waals surface area contributed by atoms with Crippen molar-refractivity contribution in [2.24, 2.45) is 4.99 Å². The van der Waals surface area contributed by atoms with Gasteiger partial charge < -0.3 is 25.6 Å². The van der Waals surface area contributed by atoms with E-state index in [1.54, 1.807) is 19.2 Å². The lowest BCUT2D eigenvalue weighted by atomic mass is 10.2. The molecule has 27 heavy (non-hydrogen) atoms. The summed E-state index contributed by atoms with van der Waals surface area (Å²) in [5.41, 5.74) is 0.943. The number of ether oxygens (including phenoxy) is 1. The first-order chi connectivity index (χ1) is 13.0. The van der Waals surface area contributed by atoms with Crippen LogP contribution >= 0.6 is 11.6 Å². The number of aliphatic imine (C=N–C) groups is 1. The van der Waals surface area contributed by atoms with E-state index in [0.717, 1.165) is 24.9 Å². The molecule has 0 amide bonds. The van der Waals surface area contributed by atoms with Gasteiger partial charge >= 0.3 is 5.97 Å². The predicted molar refractivity (Wildman–Crippen MR) is 102 cm³/mol. The first-order valence-electron chi connectivity index (χ1n) is 8.73. The van der Waals surface area contributed by atoms with Crippen LogP contribution < -0.4 is 15.4 Å². The summed E-state index contributed by atoms with van der Waals surface area (Å²) in [6, 6.07) is 5.41. The molecule has 0 radical (unpaired) electrons. The van der Waals surface area contributed by atoms with Gasteiger partial charge in [-0.15, -0.1) is 0 Å². The molecule has 1 unspecified atom stereocenters. The van der Waals surface area contributed by atoms with Crippen molar-refractivity contribution in [1.29, 1.82) is 0 Å². The summed E-state index contributed by atoms with van der Waals surface area (Å²) in [5.74, 6) is -0.101. The zero-order valence-electron chi connectivity index (χ0n) is 15.0. The van der Waals surface area contributed by atoms with Crippen molar-refractivity contribution >= 4 is 23.8 Å². The standard InChI is InChI=1S/C18H23ClN4O4/c1-27-15-5-4-11(7-14(15)19)8-20-16-13(17(25)26)9-21-18(22-16)23-6-2-3-12(23)10-24/h4-5,7,9,12,18,20,22,24H,2-3,6,8,10H2,1H3,(H,25,26)/t12-,18?/m0/s1. The fraction of sp³-hybridized carbons (Fsp3) is 0.444. The lowest BCUT2D eigenvalue weighted by molar-refractivity contribution is -0.132. The number of methoxy groups -OCH3 is 1. The van der Waals surface area contributed by atoms with Crippen molar-refractivity contribution in [2.75, 3.05) is 20.3 Å². The molecule has 1 fully saturated rings. The van der Waals surface area contributed by atoms with Crippen molar-refractivity contribution in [3.63, 3.8) is 0 Å². The maximum Gasteiger partial charge on any atom is 0.340 e. The van der Waals surface area contributed by atoms with Gasteiger partial charge in [0.25, 0.3) is 0 Å². The van der Waals surface area contributed by atoms with Gasteiger partial charge in [0.05, 0.1) is 18.7 Å². The summed E-state index contributed by atoms with van der Waals surface area (Å²) in [6.45, 7) is 1.23. The van der Waals surface area contributed by atoms with Crippen LogP contribution in [0.3, 0.4) is 0 Å². The number of hydrogen-bond acceptors (Lipinski definition) is 7. The molecule has 1 saturated heterocycles. The Labute approximate surface area is 162 Å². The van der Waals surface area contributed by atoms with E-state index < -0.39 is 12.3 Å². The lowest BCUT2D eigenvalue weighted by Gasteiger charge is -2.33. The molecule has 0 aromatic heterocycles. The fourth-order valence-electron chi connectivity index (χ4n) is 3.32. The van der Waals surface area contributed by atoms with Gasteiger partial charge in [0, 0.05) is 25.3 Å². The van der Waals surface area contributed by atoms with Gasteiger partial charge in [-0.3, -0.25) is 9.89 Å². The SMILES string of the molecule is COc1ccc(CNC2=C(C(=O)O)C=NC(N3CCC[C@H]3CO)N2)cc1Cl. The molecule has 2 heterocycles. The predicted octanol–water partition coefficient (Wildman–Crippen LogP) is 1.15. The second-order valence-electron chi connectivity index (χ2n) is 6.43. The van der Waals surface area contributed by atoms with Crippen LogP contribution in [0, 0.1) is 0 Å². The number of aliphatic carboxylic acids is 1. The highest BCUT2D eigenvalue weighted by Gasteiger charge is 2.32. The van der Waals surface area contributed by atoms with Crippen molar-refractivity contribution < 1.29 is 19.7 Å². The van der Waals surface area contributed by atoms with Crippen LogP contribution in [0.15, 0.2) is 34.6 Å². The quantitative estimate of drug-likeness (QED) is 0.549. The third kappa shape index (κ3) is 4.35. The van der Waals surface area contributed by atoms with E-state index >= 15 is 0 Å². The number of hydrogen-bond donors (Lipinski definition) is 4. The number of benzene rings is 1. The Morgan fingerprint density at radius 3 is 3.00 bits per heavy atom. The first kappa shape index (κ1) is 19.5. The average Bonchev–Trinajstić information content (AvgIpc) is 3.15. The Kier molecular flexibility index (Phi) is 6.20. The van der Waals surface area contributed by atoms with Crippen LogP contribution in [-0.4, -0.2) is 59.9 Å². The number of carboxylic acids is 1. The van der Waals surface area contributed by atoms with Gasteiger partial charge in [-0.2, -0.15) is 0 Å². The van der Waals surface area contributed by atoms with E-state index in [-0.39, 0.29) is 18.2 Å². The van der Waals surface area contributed by atoms with E-state index in [1.165, 1.54) is 6.21 Å². The van der Waals surface area contributed by atoms with Crippen molar-refractivity contribution in [1.82, 2.24) is 15.5 Å². The van der Waals surface area contributed by atoms with Gasteiger partial charge in [0.2, 0.25) is 0 Å². The molecular weight excluding hydrogens is 372 g/mol. The molecule has 2 aliphatic rings. The van der Waals surface area contributed by atoms with Gasteiger partial charge in [-0.05, 0) is 30.5 Å². The molecule has 0 bridgehead atoms. The van der Waals surface area contributed by atoms with Gasteiger partial charge in [0.15, 0.2) is 6.29 Å². The molecule has 9 heteroatoms. The normalized spacial score (nSPS) is 22.6. The summed E-state index contributed by atoms with van der Waals surface area (Å²) < 4.78 is 5.14. The molecule has 1 aromatic rings. The number of nitrogens with zero attached hydrogens (tertiary/aromatic N) is 2. The Balaban J connectivity index is 1.73. The minimum Gasteiger partial charge on any atom is -0.495 e. The summed E-state index contributed by atoms with van der Waals surface area (Å²) in [7, 11) is 1.55. The van der Waals surface area contributed by atoms with Gasteiger partial charge in [-0.25, -0.2) is 4.79 Å². The Morgan fingerprint density at radius 2 is 2.33 bits per heavy atom. The number of halogens is 1. The minimum absolute atomic E-state index is 0.0210. The molecule has 2 aliphatic heterocycles. The maximum atomic E-state index is 11.5. The lowest BCUT2D eigenvalue weighted by Crippen LogP contribution is -2.51. The highest BCUT2D eigenvalue weighted by molar-refractivity contribution is 6.32. The Morgan fingerprint density at radius 1 is 1.52 bits per heavy atom. The molecule has 3 rings (SSSR count). The molecular formula is C18H23ClN4O4. The number of carbonyl (C=O) groups is 1. The molecule has 1 aromatic carbocycles. The monoisotopic (exact) mass is 394 g/mol. The van der Waals surface area contributed by atoms with E-state index in [2.05, 4.69) is 15.6 Å². The van der Waals surface area contributed by atoms with Crippen LogP contribution in [0.2, 0.25) is 5.02 Å². The Bertz CT molecular complexity index is 768. The number of likely N-dealkylation sites (tertiary alicyclic amines) is 1. The Hall–Kier alpha value is -2.29. The molecule has 0 spiro atoms. The number of aliphatic hydroxyl groups is 1. The third-order valence-corrected chi connectivity index (χ3v) is 5.05. The van der Waals surface area contributed by atoms with Crippen molar-refractivity contribution in [3.8, 4) is 5.75 Å². The van der Waals surface area contributed by atoms with Crippen LogP contribution in [0.1, 0.15) is 18.4 Å². The zero-order valence-corrected chi connectivity index (χ0v) is 15.7. The van der Waals surface area contributed by atoms with Crippen molar-refractivity contribution in [3.05, 3.63) is 40.2 Å². The highest BCUT2D eigenvalue weighted by Crippen LogP contribution is 2.25. The number of nitrogens with one attached hydrogen (secondary N) is 2. The number of rotatable bonds is 7. The van der Waals surface area contributed by atoms with Crippen LogP contribution in [-0.2, 0) is 11.3 Å². The topological polar surface area (TPSA) is 106 Å². The molecule has 0 saturated carbocycles. The largest absolute Gasteiger partial charge is 0.495 e.